The quantitative estimate of drug-likeness (QED) is 0.476. The second-order valence-electron chi connectivity index (χ2n) is 9.95. The molecule has 1 atom stereocenters. The van der Waals surface area contributed by atoms with Gasteiger partial charge in [-0.15, -0.1) is 0 Å². The maximum absolute atomic E-state index is 13.8. The van der Waals surface area contributed by atoms with Crippen LogP contribution in [0.4, 0.5) is 10.1 Å². The lowest BCUT2D eigenvalue weighted by atomic mass is 9.95. The van der Waals surface area contributed by atoms with Crippen molar-refractivity contribution in [3.8, 4) is 11.5 Å². The molecule has 0 radical (unpaired) electrons. The van der Waals surface area contributed by atoms with E-state index < -0.39 is 5.66 Å². The molecule has 1 unspecified atom stereocenters. The van der Waals surface area contributed by atoms with Gasteiger partial charge in [-0.2, -0.15) is 0 Å². The van der Waals surface area contributed by atoms with Crippen molar-refractivity contribution in [1.29, 1.82) is 0 Å². The van der Waals surface area contributed by atoms with Crippen LogP contribution in [0.25, 0.3) is 0 Å². The zero-order chi connectivity index (χ0) is 26.1. The summed E-state index contributed by atoms with van der Waals surface area (Å²) in [6.45, 7) is 2.06. The van der Waals surface area contributed by atoms with Gasteiger partial charge in [-0.25, -0.2) is 4.39 Å². The molecule has 0 aliphatic carbocycles. The molecule has 2 saturated heterocycles. The fourth-order valence-electron chi connectivity index (χ4n) is 5.53. The van der Waals surface area contributed by atoms with Gasteiger partial charge in [-0.05, 0) is 66.2 Å². The van der Waals surface area contributed by atoms with Crippen molar-refractivity contribution >= 4 is 28.9 Å². The molecule has 7 nitrogen and oxygen atoms in total. The SMILES string of the molecule is O=C1C(Cc2ccccc2)NC2(CCN(C(=S)Nc3ccc(F)cc3)CC2)N1Cc1ccc2c(c1)OCO2. The number of carbonyl (C=O) groups excluding carboxylic acids is 1. The van der Waals surface area contributed by atoms with E-state index in [0.29, 0.717) is 36.9 Å². The molecule has 0 saturated carbocycles. The van der Waals surface area contributed by atoms with Gasteiger partial charge in [-0.1, -0.05) is 36.4 Å². The number of carbonyl (C=O) groups is 1. The van der Waals surface area contributed by atoms with Crippen LogP contribution in [0.15, 0.2) is 72.8 Å². The van der Waals surface area contributed by atoms with Gasteiger partial charge in [0.2, 0.25) is 12.7 Å². The molecule has 0 bridgehead atoms. The smallest absolute Gasteiger partial charge is 0.241 e. The van der Waals surface area contributed by atoms with E-state index in [2.05, 4.69) is 27.7 Å². The number of rotatable bonds is 5. The zero-order valence-corrected chi connectivity index (χ0v) is 21.7. The number of amides is 1. The first-order chi connectivity index (χ1) is 18.5. The minimum atomic E-state index is -0.477. The number of benzene rings is 3. The van der Waals surface area contributed by atoms with Crippen molar-refractivity contribution in [2.45, 2.75) is 37.5 Å². The Hall–Kier alpha value is -3.69. The Morgan fingerprint density at radius 2 is 1.74 bits per heavy atom. The van der Waals surface area contributed by atoms with Gasteiger partial charge in [0.25, 0.3) is 0 Å². The number of nitrogens with one attached hydrogen (secondary N) is 2. The predicted molar refractivity (Wildman–Crippen MR) is 146 cm³/mol. The predicted octanol–water partition coefficient (Wildman–Crippen LogP) is 4.29. The third kappa shape index (κ3) is 4.91. The lowest BCUT2D eigenvalue weighted by Crippen LogP contribution is -2.59. The third-order valence-electron chi connectivity index (χ3n) is 7.56. The van der Waals surface area contributed by atoms with E-state index >= 15 is 0 Å². The number of likely N-dealkylation sites (tertiary alicyclic amines) is 1. The van der Waals surface area contributed by atoms with Crippen molar-refractivity contribution in [1.82, 2.24) is 15.1 Å². The highest BCUT2D eigenvalue weighted by Crippen LogP contribution is 2.37. The summed E-state index contributed by atoms with van der Waals surface area (Å²) >= 11 is 5.66. The van der Waals surface area contributed by atoms with Gasteiger partial charge >= 0.3 is 0 Å². The molecule has 3 aliphatic rings. The lowest BCUT2D eigenvalue weighted by molar-refractivity contribution is -0.134. The molecule has 1 spiro atoms. The minimum Gasteiger partial charge on any atom is -0.454 e. The molecule has 3 aromatic carbocycles. The highest BCUT2D eigenvalue weighted by Gasteiger charge is 2.51. The Kier molecular flexibility index (Phi) is 6.63. The number of thiocarbonyl (C=S) groups is 1. The Morgan fingerprint density at radius 3 is 2.50 bits per heavy atom. The molecule has 2 fully saturated rings. The summed E-state index contributed by atoms with van der Waals surface area (Å²) in [5.74, 6) is 1.26. The van der Waals surface area contributed by atoms with Gasteiger partial charge < -0.3 is 24.6 Å². The van der Waals surface area contributed by atoms with Crippen molar-refractivity contribution in [3.63, 3.8) is 0 Å². The van der Waals surface area contributed by atoms with Gasteiger partial charge in [0.1, 0.15) is 5.82 Å². The molecule has 9 heteroatoms. The number of fused-ring (bicyclic) bond motifs is 1. The largest absolute Gasteiger partial charge is 0.454 e. The first kappa shape index (κ1) is 24.6. The van der Waals surface area contributed by atoms with Crippen LogP contribution >= 0.6 is 12.2 Å². The number of halogens is 1. The fourth-order valence-corrected chi connectivity index (χ4v) is 5.83. The number of anilines is 1. The van der Waals surface area contributed by atoms with Crippen LogP contribution in [-0.4, -0.2) is 52.4 Å². The molecule has 3 heterocycles. The van der Waals surface area contributed by atoms with Crippen LogP contribution in [0.3, 0.4) is 0 Å². The summed E-state index contributed by atoms with van der Waals surface area (Å²) in [5.41, 5.74) is 2.40. The summed E-state index contributed by atoms with van der Waals surface area (Å²) in [5, 5.41) is 7.53. The summed E-state index contributed by atoms with van der Waals surface area (Å²) < 4.78 is 24.3. The fraction of sp³-hybridized carbons (Fsp3) is 0.310. The van der Waals surface area contributed by atoms with E-state index in [-0.39, 0.29) is 24.6 Å². The second-order valence-corrected chi connectivity index (χ2v) is 10.3. The number of hydrogen-bond donors (Lipinski definition) is 2. The molecular weight excluding hydrogens is 503 g/mol. The van der Waals surface area contributed by atoms with E-state index in [9.17, 15) is 9.18 Å². The number of hydrogen-bond acceptors (Lipinski definition) is 5. The summed E-state index contributed by atoms with van der Waals surface area (Å²) in [4.78, 5) is 17.9. The standard InChI is InChI=1S/C29H29FN4O3S/c30-22-7-9-23(10-8-22)31-28(38)33-14-12-29(13-15-33)32-24(16-20-4-2-1-3-5-20)27(35)34(29)18-21-6-11-25-26(17-21)37-19-36-25/h1-11,17,24,32H,12-16,18-19H2,(H,31,38). The van der Waals surface area contributed by atoms with Crippen LogP contribution in [0, 0.1) is 5.82 Å². The maximum Gasteiger partial charge on any atom is 0.241 e. The number of piperidine rings is 1. The molecule has 1 amide bonds. The van der Waals surface area contributed by atoms with Crippen LogP contribution in [0.1, 0.15) is 24.0 Å². The molecule has 2 N–H and O–H groups in total. The topological polar surface area (TPSA) is 66.1 Å². The molecule has 3 aliphatic heterocycles. The highest BCUT2D eigenvalue weighted by molar-refractivity contribution is 7.80. The Morgan fingerprint density at radius 1 is 1.00 bits per heavy atom. The monoisotopic (exact) mass is 532 g/mol. The Balaban J connectivity index is 1.20. The van der Waals surface area contributed by atoms with Crippen LogP contribution in [0.2, 0.25) is 0 Å². The second kappa shape index (κ2) is 10.2. The third-order valence-corrected chi connectivity index (χ3v) is 7.92. The molecule has 196 valence electrons. The van der Waals surface area contributed by atoms with E-state index in [1.807, 2.05) is 41.3 Å². The molecular formula is C29H29FN4O3S. The highest BCUT2D eigenvalue weighted by atomic mass is 32.1. The van der Waals surface area contributed by atoms with Crippen LogP contribution < -0.4 is 20.1 Å². The maximum atomic E-state index is 13.8. The summed E-state index contributed by atoms with van der Waals surface area (Å²) in [6.07, 6.45) is 2.08. The van der Waals surface area contributed by atoms with Gasteiger partial charge in [0.15, 0.2) is 16.6 Å². The van der Waals surface area contributed by atoms with Gasteiger partial charge in [-0.3, -0.25) is 10.1 Å². The molecule has 3 aromatic rings. The molecule has 6 rings (SSSR count). The molecule has 38 heavy (non-hydrogen) atoms. The van der Waals surface area contributed by atoms with E-state index in [1.54, 1.807) is 12.1 Å². The van der Waals surface area contributed by atoms with E-state index in [1.165, 1.54) is 12.1 Å². The first-order valence-electron chi connectivity index (χ1n) is 12.8. The van der Waals surface area contributed by atoms with Crippen LogP contribution in [0.5, 0.6) is 11.5 Å². The first-order valence-corrected chi connectivity index (χ1v) is 13.2. The summed E-state index contributed by atoms with van der Waals surface area (Å²) in [7, 11) is 0. The van der Waals surface area contributed by atoms with Crippen molar-refractivity contribution in [2.24, 2.45) is 0 Å². The van der Waals surface area contributed by atoms with Crippen molar-refractivity contribution in [3.05, 3.63) is 89.7 Å². The van der Waals surface area contributed by atoms with Gasteiger partial charge in [0.05, 0.1) is 11.7 Å². The summed E-state index contributed by atoms with van der Waals surface area (Å²) in [6, 6.07) is 21.8. The van der Waals surface area contributed by atoms with Crippen molar-refractivity contribution in [2.75, 3.05) is 25.2 Å². The zero-order valence-electron chi connectivity index (χ0n) is 20.9. The van der Waals surface area contributed by atoms with E-state index in [4.69, 9.17) is 21.7 Å². The molecule has 0 aromatic heterocycles. The lowest BCUT2D eigenvalue weighted by Gasteiger charge is -2.45. The minimum absolute atomic E-state index is 0.104. The number of ether oxygens (including phenoxy) is 2. The average molecular weight is 533 g/mol. The van der Waals surface area contributed by atoms with E-state index in [0.717, 1.165) is 35.4 Å². The number of nitrogens with zero attached hydrogens (tertiary/aromatic N) is 2. The Labute approximate surface area is 226 Å². The van der Waals surface area contributed by atoms with Crippen LogP contribution in [-0.2, 0) is 17.8 Å². The Bertz CT molecular complexity index is 1330. The van der Waals surface area contributed by atoms with Gasteiger partial charge in [0, 0.05) is 38.2 Å². The average Bonchev–Trinajstić information content (AvgIpc) is 3.49. The van der Waals surface area contributed by atoms with Crippen molar-refractivity contribution < 1.29 is 18.7 Å². The normalized spacial score (nSPS) is 19.7.